The predicted octanol–water partition coefficient (Wildman–Crippen LogP) is 5.77. The van der Waals surface area contributed by atoms with Crippen LogP contribution < -0.4 is 10.1 Å². The van der Waals surface area contributed by atoms with E-state index in [2.05, 4.69) is 65.0 Å². The number of benzene rings is 1. The maximum Gasteiger partial charge on any atom is 0.148 e. The zero-order chi connectivity index (χ0) is 15.2. The van der Waals surface area contributed by atoms with E-state index in [1.807, 2.05) is 24.3 Å². The van der Waals surface area contributed by atoms with Crippen LogP contribution in [-0.2, 0) is 6.61 Å². The van der Waals surface area contributed by atoms with Crippen molar-refractivity contribution in [3.05, 3.63) is 49.4 Å². The molecule has 1 aromatic heterocycles. The third-order valence-corrected chi connectivity index (χ3v) is 4.36. The van der Waals surface area contributed by atoms with Crippen molar-refractivity contribution in [2.45, 2.75) is 20.0 Å². The first-order valence-electron chi connectivity index (χ1n) is 6.56. The summed E-state index contributed by atoms with van der Waals surface area (Å²) in [5, 5.41) is 3.27. The van der Waals surface area contributed by atoms with E-state index in [0.29, 0.717) is 6.61 Å². The summed E-state index contributed by atoms with van der Waals surface area (Å²) in [4.78, 5) is 4.29. The summed E-state index contributed by atoms with van der Waals surface area (Å²) in [5.41, 5.74) is 1.07. The average Bonchev–Trinajstić information content (AvgIpc) is 2.44. The van der Waals surface area contributed by atoms with Gasteiger partial charge >= 0.3 is 0 Å². The van der Waals surface area contributed by atoms with Crippen LogP contribution in [0.2, 0.25) is 0 Å². The molecule has 0 aliphatic heterocycles. The molecular weight excluding hydrogens is 464 g/mol. The van der Waals surface area contributed by atoms with Gasteiger partial charge in [0.1, 0.15) is 18.2 Å². The van der Waals surface area contributed by atoms with E-state index in [9.17, 15) is 0 Å². The lowest BCUT2D eigenvalue weighted by Crippen LogP contribution is -2.03. The Morgan fingerprint density at radius 2 is 1.86 bits per heavy atom. The van der Waals surface area contributed by atoms with Crippen molar-refractivity contribution in [1.29, 1.82) is 0 Å². The SMILES string of the molecule is CCCNc1cc(COc2c(Br)cc(Br)cc2Br)ccn1. The van der Waals surface area contributed by atoms with Gasteiger partial charge in [0, 0.05) is 17.2 Å². The highest BCUT2D eigenvalue weighted by Gasteiger charge is 2.08. The van der Waals surface area contributed by atoms with Crippen LogP contribution in [0.25, 0.3) is 0 Å². The van der Waals surface area contributed by atoms with Gasteiger partial charge in [0.05, 0.1) is 8.95 Å². The van der Waals surface area contributed by atoms with Crippen LogP contribution in [0.4, 0.5) is 5.82 Å². The van der Waals surface area contributed by atoms with Crippen molar-refractivity contribution < 1.29 is 4.74 Å². The van der Waals surface area contributed by atoms with E-state index in [1.165, 1.54) is 0 Å². The molecular formula is C15H15Br3N2O. The minimum atomic E-state index is 0.488. The Hall–Kier alpha value is -0.590. The summed E-state index contributed by atoms with van der Waals surface area (Å²) in [6.45, 7) is 3.53. The quantitative estimate of drug-likeness (QED) is 0.572. The Morgan fingerprint density at radius 3 is 2.52 bits per heavy atom. The number of rotatable bonds is 6. The number of halogens is 3. The molecule has 0 aliphatic carbocycles. The summed E-state index contributed by atoms with van der Waals surface area (Å²) < 4.78 is 8.70. The first-order chi connectivity index (χ1) is 10.1. The number of hydrogen-bond donors (Lipinski definition) is 1. The highest BCUT2D eigenvalue weighted by molar-refractivity contribution is 9.11. The van der Waals surface area contributed by atoms with E-state index in [0.717, 1.165) is 43.5 Å². The van der Waals surface area contributed by atoms with Crippen molar-refractivity contribution in [3.63, 3.8) is 0 Å². The second-order valence-corrected chi connectivity index (χ2v) is 7.09. The highest BCUT2D eigenvalue weighted by atomic mass is 79.9. The Bertz CT molecular complexity index is 597. The van der Waals surface area contributed by atoms with Gasteiger partial charge in [-0.1, -0.05) is 22.9 Å². The van der Waals surface area contributed by atoms with Gasteiger partial charge in [-0.3, -0.25) is 0 Å². The molecule has 0 radical (unpaired) electrons. The zero-order valence-corrected chi connectivity index (χ0v) is 16.3. The van der Waals surface area contributed by atoms with Gasteiger partial charge < -0.3 is 10.1 Å². The maximum atomic E-state index is 5.90. The lowest BCUT2D eigenvalue weighted by molar-refractivity contribution is 0.302. The molecule has 2 rings (SSSR count). The van der Waals surface area contributed by atoms with E-state index in [1.54, 1.807) is 6.20 Å². The fourth-order valence-corrected chi connectivity index (χ4v) is 4.22. The molecule has 0 unspecified atom stereocenters. The molecule has 0 spiro atoms. The Labute approximate surface area is 149 Å². The molecule has 0 saturated carbocycles. The van der Waals surface area contributed by atoms with Crippen molar-refractivity contribution >= 4 is 53.6 Å². The average molecular weight is 479 g/mol. The summed E-state index contributed by atoms with van der Waals surface area (Å²) in [7, 11) is 0. The fourth-order valence-electron chi connectivity index (χ4n) is 1.74. The van der Waals surface area contributed by atoms with Gasteiger partial charge in [-0.15, -0.1) is 0 Å². The van der Waals surface area contributed by atoms with Crippen LogP contribution >= 0.6 is 47.8 Å². The van der Waals surface area contributed by atoms with Crippen molar-refractivity contribution in [2.24, 2.45) is 0 Å². The molecule has 112 valence electrons. The molecule has 1 heterocycles. The highest BCUT2D eigenvalue weighted by Crippen LogP contribution is 2.36. The molecule has 21 heavy (non-hydrogen) atoms. The van der Waals surface area contributed by atoms with Gasteiger partial charge in [0.2, 0.25) is 0 Å². The third kappa shape index (κ3) is 4.97. The molecule has 6 heteroatoms. The number of nitrogens with zero attached hydrogens (tertiary/aromatic N) is 1. The maximum absolute atomic E-state index is 5.90. The van der Waals surface area contributed by atoms with E-state index in [-0.39, 0.29) is 0 Å². The van der Waals surface area contributed by atoms with Crippen molar-refractivity contribution in [2.75, 3.05) is 11.9 Å². The van der Waals surface area contributed by atoms with Gasteiger partial charge in [-0.05, 0) is 68.1 Å². The van der Waals surface area contributed by atoms with E-state index in [4.69, 9.17) is 4.74 Å². The van der Waals surface area contributed by atoms with Gasteiger partial charge in [0.15, 0.2) is 0 Å². The lowest BCUT2D eigenvalue weighted by atomic mass is 10.2. The topological polar surface area (TPSA) is 34.1 Å². The molecule has 0 bridgehead atoms. The van der Waals surface area contributed by atoms with Gasteiger partial charge in [-0.2, -0.15) is 0 Å². The Morgan fingerprint density at radius 1 is 1.14 bits per heavy atom. The van der Waals surface area contributed by atoms with E-state index >= 15 is 0 Å². The molecule has 2 aromatic rings. The van der Waals surface area contributed by atoms with Crippen LogP contribution in [0.3, 0.4) is 0 Å². The molecule has 1 N–H and O–H groups in total. The number of hydrogen-bond acceptors (Lipinski definition) is 3. The largest absolute Gasteiger partial charge is 0.487 e. The standard InChI is InChI=1S/C15H15Br3N2O/c1-2-4-19-14-6-10(3-5-20-14)9-21-15-12(17)7-11(16)8-13(15)18/h3,5-8H,2,4,9H2,1H3,(H,19,20). The molecule has 0 saturated heterocycles. The predicted molar refractivity (Wildman–Crippen MR) is 96.9 cm³/mol. The van der Waals surface area contributed by atoms with Crippen LogP contribution in [0.5, 0.6) is 5.75 Å². The van der Waals surface area contributed by atoms with E-state index < -0.39 is 0 Å². The smallest absolute Gasteiger partial charge is 0.148 e. The lowest BCUT2D eigenvalue weighted by Gasteiger charge is -2.12. The van der Waals surface area contributed by atoms with Crippen LogP contribution in [-0.4, -0.2) is 11.5 Å². The summed E-state index contributed by atoms with van der Waals surface area (Å²) in [6, 6.07) is 7.88. The van der Waals surface area contributed by atoms with Crippen molar-refractivity contribution in [1.82, 2.24) is 4.98 Å². The number of aromatic nitrogens is 1. The van der Waals surface area contributed by atoms with Gasteiger partial charge in [-0.25, -0.2) is 4.98 Å². The third-order valence-electron chi connectivity index (χ3n) is 2.73. The Balaban J connectivity index is 2.06. The zero-order valence-electron chi connectivity index (χ0n) is 11.5. The molecule has 0 atom stereocenters. The molecule has 0 fully saturated rings. The first kappa shape index (κ1) is 16.8. The second-order valence-electron chi connectivity index (χ2n) is 4.46. The second kappa shape index (κ2) is 8.15. The fraction of sp³-hybridized carbons (Fsp3) is 0.267. The van der Waals surface area contributed by atoms with Crippen LogP contribution in [0, 0.1) is 0 Å². The van der Waals surface area contributed by atoms with Crippen LogP contribution in [0.1, 0.15) is 18.9 Å². The molecule has 1 aromatic carbocycles. The number of nitrogens with one attached hydrogen (secondary N) is 1. The molecule has 3 nitrogen and oxygen atoms in total. The summed E-state index contributed by atoms with van der Waals surface area (Å²) >= 11 is 10.5. The number of ether oxygens (including phenoxy) is 1. The van der Waals surface area contributed by atoms with Crippen LogP contribution in [0.15, 0.2) is 43.9 Å². The first-order valence-corrected chi connectivity index (χ1v) is 8.94. The monoisotopic (exact) mass is 476 g/mol. The summed E-state index contributed by atoms with van der Waals surface area (Å²) in [6.07, 6.45) is 2.86. The minimum absolute atomic E-state index is 0.488. The minimum Gasteiger partial charge on any atom is -0.487 e. The summed E-state index contributed by atoms with van der Waals surface area (Å²) in [5.74, 6) is 1.67. The van der Waals surface area contributed by atoms with Gasteiger partial charge in [0.25, 0.3) is 0 Å². The Kier molecular flexibility index (Phi) is 6.51. The molecule has 0 amide bonds. The molecule has 0 aliphatic rings. The van der Waals surface area contributed by atoms with Crippen molar-refractivity contribution in [3.8, 4) is 5.75 Å². The number of pyridine rings is 1. The number of anilines is 1. The normalized spacial score (nSPS) is 10.5.